The van der Waals surface area contributed by atoms with E-state index in [-0.39, 0.29) is 43.8 Å². The van der Waals surface area contributed by atoms with Gasteiger partial charge in [0.15, 0.2) is 0 Å². The quantitative estimate of drug-likeness (QED) is 0.408. The lowest BCUT2D eigenvalue weighted by atomic mass is 10.0. The molecule has 3 aromatic rings. The lowest BCUT2D eigenvalue weighted by molar-refractivity contribution is -0.135. The van der Waals surface area contributed by atoms with Crippen molar-refractivity contribution < 1.29 is 28.2 Å². The van der Waals surface area contributed by atoms with Crippen molar-refractivity contribution in [3.05, 3.63) is 81.8 Å². The van der Waals surface area contributed by atoms with Crippen molar-refractivity contribution in [3.8, 4) is 11.5 Å². The molecule has 0 spiro atoms. The maximum atomic E-state index is 13.7. The summed E-state index contributed by atoms with van der Waals surface area (Å²) < 4.78 is 30.3. The highest BCUT2D eigenvalue weighted by molar-refractivity contribution is 7.10. The molecule has 0 bridgehead atoms. The van der Waals surface area contributed by atoms with E-state index >= 15 is 0 Å². The Hall–Kier alpha value is -3.43. The van der Waals surface area contributed by atoms with Gasteiger partial charge in [0, 0.05) is 36.7 Å². The van der Waals surface area contributed by atoms with E-state index in [1.54, 1.807) is 35.5 Å². The molecule has 2 heterocycles. The predicted octanol–water partition coefficient (Wildman–Crippen LogP) is 4.19. The van der Waals surface area contributed by atoms with E-state index in [0.717, 1.165) is 12.0 Å². The van der Waals surface area contributed by atoms with Crippen LogP contribution in [0.5, 0.6) is 11.5 Å². The fraction of sp³-hybridized carbons (Fsp3) is 0.333. The van der Waals surface area contributed by atoms with E-state index in [1.807, 2.05) is 29.6 Å². The molecule has 0 saturated heterocycles. The van der Waals surface area contributed by atoms with Crippen LogP contribution >= 0.6 is 11.3 Å². The number of thiophene rings is 1. The van der Waals surface area contributed by atoms with Crippen molar-refractivity contribution in [2.75, 3.05) is 47.1 Å². The lowest BCUT2D eigenvalue weighted by Gasteiger charge is -2.37. The van der Waals surface area contributed by atoms with E-state index in [2.05, 4.69) is 0 Å². The number of ether oxygens (including phenoxy) is 3. The Balaban J connectivity index is 1.52. The third-order valence-electron chi connectivity index (χ3n) is 6.11. The number of halogens is 1. The van der Waals surface area contributed by atoms with Crippen molar-refractivity contribution in [2.24, 2.45) is 0 Å². The predicted molar refractivity (Wildman–Crippen MR) is 135 cm³/mol. The largest absolute Gasteiger partial charge is 0.497 e. The molecule has 2 aromatic carbocycles. The van der Waals surface area contributed by atoms with Gasteiger partial charge in [-0.1, -0.05) is 12.1 Å². The van der Waals surface area contributed by atoms with Crippen molar-refractivity contribution in [1.29, 1.82) is 0 Å². The van der Waals surface area contributed by atoms with Crippen LogP contribution in [-0.4, -0.2) is 68.7 Å². The van der Waals surface area contributed by atoms with E-state index < -0.39 is 11.7 Å². The summed E-state index contributed by atoms with van der Waals surface area (Å²) in [5.41, 5.74) is 1.25. The summed E-state index contributed by atoms with van der Waals surface area (Å²) in [6, 6.07) is 14.5. The average Bonchev–Trinajstić information content (AvgIpc) is 3.38. The number of amides is 2. The second kappa shape index (κ2) is 12.0. The molecule has 0 N–H and O–H groups in total. The smallest absolute Gasteiger partial charge is 0.254 e. The third-order valence-corrected chi connectivity index (χ3v) is 7.11. The van der Waals surface area contributed by atoms with Gasteiger partial charge in [-0.15, -0.1) is 11.3 Å². The molecule has 9 heteroatoms. The minimum absolute atomic E-state index is 0.145. The number of methoxy groups -OCH3 is 2. The summed E-state index contributed by atoms with van der Waals surface area (Å²) in [4.78, 5) is 31.1. The number of hydrogen-bond acceptors (Lipinski definition) is 6. The van der Waals surface area contributed by atoms with Gasteiger partial charge in [-0.25, -0.2) is 4.39 Å². The molecular formula is C27H29FN2O5S. The van der Waals surface area contributed by atoms with Gasteiger partial charge >= 0.3 is 0 Å². The number of carbonyl (C=O) groups excluding carboxylic acids is 2. The van der Waals surface area contributed by atoms with Crippen LogP contribution in [0.15, 0.2) is 60.0 Å². The Morgan fingerprint density at radius 1 is 1.11 bits per heavy atom. The molecule has 1 aromatic heterocycles. The highest BCUT2D eigenvalue weighted by Crippen LogP contribution is 2.34. The van der Waals surface area contributed by atoms with Crippen LogP contribution in [0, 0.1) is 5.82 Å². The van der Waals surface area contributed by atoms with Gasteiger partial charge in [-0.05, 0) is 53.8 Å². The van der Waals surface area contributed by atoms with Crippen LogP contribution in [0.2, 0.25) is 0 Å². The molecule has 190 valence electrons. The Morgan fingerprint density at radius 3 is 2.69 bits per heavy atom. The van der Waals surface area contributed by atoms with E-state index in [1.165, 1.54) is 35.1 Å². The van der Waals surface area contributed by atoms with Crippen molar-refractivity contribution in [3.63, 3.8) is 0 Å². The SMILES string of the molecule is COCCN(CC(=O)N1CCc2sccc2[C@H]1COc1cccc(OC)c1)C(=O)c1cccc(F)c1. The second-order valence-corrected chi connectivity index (χ2v) is 9.37. The maximum Gasteiger partial charge on any atom is 0.254 e. The first-order chi connectivity index (χ1) is 17.5. The molecule has 2 amide bonds. The standard InChI is InChI=1S/C27H29FN2O5S/c1-33-13-12-29(27(32)19-5-3-6-20(28)15-19)17-26(31)30-11-9-25-23(10-14-36-25)24(30)18-35-22-8-4-7-21(16-22)34-2/h3-8,10,14-16,24H,9,11-13,17-18H2,1-2H3/t24-/m1/s1. The second-order valence-electron chi connectivity index (χ2n) is 8.37. The number of nitrogens with zero attached hydrogens (tertiary/aromatic N) is 2. The van der Waals surface area contributed by atoms with Crippen LogP contribution < -0.4 is 9.47 Å². The number of rotatable bonds is 10. The van der Waals surface area contributed by atoms with Gasteiger partial charge in [0.2, 0.25) is 5.91 Å². The van der Waals surface area contributed by atoms with Crippen molar-refractivity contribution in [2.45, 2.75) is 12.5 Å². The minimum atomic E-state index is -0.505. The number of carbonyl (C=O) groups is 2. The van der Waals surface area contributed by atoms with Crippen LogP contribution in [0.4, 0.5) is 4.39 Å². The fourth-order valence-electron chi connectivity index (χ4n) is 4.25. The zero-order valence-corrected chi connectivity index (χ0v) is 21.1. The zero-order valence-electron chi connectivity index (χ0n) is 20.3. The highest BCUT2D eigenvalue weighted by atomic mass is 32.1. The number of fused-ring (bicyclic) bond motifs is 1. The molecule has 4 rings (SSSR count). The summed E-state index contributed by atoms with van der Waals surface area (Å²) in [5, 5.41) is 2.02. The van der Waals surface area contributed by atoms with E-state index in [4.69, 9.17) is 14.2 Å². The van der Waals surface area contributed by atoms with Crippen molar-refractivity contribution >= 4 is 23.2 Å². The van der Waals surface area contributed by atoms with Gasteiger partial charge < -0.3 is 24.0 Å². The maximum absolute atomic E-state index is 13.7. The molecule has 0 unspecified atom stereocenters. The Labute approximate surface area is 214 Å². The normalized spacial score (nSPS) is 14.8. The first kappa shape index (κ1) is 25.7. The zero-order chi connectivity index (χ0) is 25.5. The first-order valence-corrected chi connectivity index (χ1v) is 12.5. The topological polar surface area (TPSA) is 68.3 Å². The van der Waals surface area contributed by atoms with Gasteiger partial charge in [-0.2, -0.15) is 0 Å². The molecule has 0 radical (unpaired) electrons. The summed E-state index contributed by atoms with van der Waals surface area (Å²) in [5.74, 6) is 0.205. The number of benzene rings is 2. The molecule has 1 aliphatic heterocycles. The third kappa shape index (κ3) is 6.03. The molecule has 0 fully saturated rings. The summed E-state index contributed by atoms with van der Waals surface area (Å²) in [7, 11) is 3.13. The average molecular weight is 513 g/mol. The molecule has 0 saturated carbocycles. The van der Waals surface area contributed by atoms with Gasteiger partial charge in [-0.3, -0.25) is 9.59 Å². The number of hydrogen-bond donors (Lipinski definition) is 0. The van der Waals surface area contributed by atoms with Crippen LogP contribution in [-0.2, 0) is 16.0 Å². The highest BCUT2D eigenvalue weighted by Gasteiger charge is 2.33. The molecule has 1 atom stereocenters. The molecule has 0 aliphatic carbocycles. The van der Waals surface area contributed by atoms with E-state index in [9.17, 15) is 14.0 Å². The Morgan fingerprint density at radius 2 is 1.92 bits per heavy atom. The lowest BCUT2D eigenvalue weighted by Crippen LogP contribution is -2.48. The van der Waals surface area contributed by atoms with Crippen LogP contribution in [0.1, 0.15) is 26.8 Å². The first-order valence-electron chi connectivity index (χ1n) is 11.7. The molecule has 36 heavy (non-hydrogen) atoms. The summed E-state index contributed by atoms with van der Waals surface area (Å²) in [6.07, 6.45) is 0.740. The van der Waals surface area contributed by atoms with Gasteiger partial charge in [0.05, 0.1) is 19.8 Å². The van der Waals surface area contributed by atoms with Crippen LogP contribution in [0.25, 0.3) is 0 Å². The summed E-state index contributed by atoms with van der Waals surface area (Å²) in [6.45, 7) is 1.10. The fourth-order valence-corrected chi connectivity index (χ4v) is 5.18. The minimum Gasteiger partial charge on any atom is -0.497 e. The van der Waals surface area contributed by atoms with E-state index in [0.29, 0.717) is 18.0 Å². The van der Waals surface area contributed by atoms with Crippen molar-refractivity contribution in [1.82, 2.24) is 9.80 Å². The molecule has 1 aliphatic rings. The molecular weight excluding hydrogens is 483 g/mol. The monoisotopic (exact) mass is 512 g/mol. The Bertz CT molecular complexity index is 1200. The summed E-state index contributed by atoms with van der Waals surface area (Å²) >= 11 is 1.67. The van der Waals surface area contributed by atoms with Gasteiger partial charge in [0.1, 0.15) is 30.5 Å². The van der Waals surface area contributed by atoms with Crippen LogP contribution in [0.3, 0.4) is 0 Å². The Kier molecular flexibility index (Phi) is 8.56. The molecule has 7 nitrogen and oxygen atoms in total. The van der Waals surface area contributed by atoms with Gasteiger partial charge in [0.25, 0.3) is 5.91 Å².